The van der Waals surface area contributed by atoms with Gasteiger partial charge in [0, 0.05) is 19.0 Å². The predicted molar refractivity (Wildman–Crippen MR) is 117 cm³/mol. The number of hydrogen-bond acceptors (Lipinski definition) is 6. The van der Waals surface area contributed by atoms with Crippen molar-refractivity contribution in [2.75, 3.05) is 13.1 Å². The molecule has 3 aliphatic rings. The zero-order valence-electron chi connectivity index (χ0n) is 19.6. The minimum absolute atomic E-state index is 0.0419. The van der Waals surface area contributed by atoms with Crippen molar-refractivity contribution in [1.82, 2.24) is 15.5 Å². The van der Waals surface area contributed by atoms with E-state index < -0.39 is 47.4 Å². The van der Waals surface area contributed by atoms with Gasteiger partial charge in [-0.1, -0.05) is 34.6 Å². The molecule has 0 spiro atoms. The molecule has 2 heterocycles. The summed E-state index contributed by atoms with van der Waals surface area (Å²) in [5.41, 5.74) is 10.9. The fourth-order valence-electron chi connectivity index (χ4n) is 5.27. The van der Waals surface area contributed by atoms with Crippen LogP contribution in [0.3, 0.4) is 0 Å². The molecule has 7 N–H and O–H groups in total. The molecule has 2 saturated heterocycles. The van der Waals surface area contributed by atoms with Crippen LogP contribution in [0.25, 0.3) is 0 Å². The average molecular weight is 452 g/mol. The van der Waals surface area contributed by atoms with Crippen LogP contribution in [-0.2, 0) is 19.2 Å². The average Bonchev–Trinajstić information content (AvgIpc) is 3.06. The van der Waals surface area contributed by atoms with E-state index in [0.717, 1.165) is 0 Å². The second-order valence-electron chi connectivity index (χ2n) is 11.2. The number of piperidine rings is 1. The Balaban J connectivity index is 1.81. The molecule has 0 aromatic carbocycles. The third kappa shape index (κ3) is 4.34. The molecule has 1 unspecified atom stereocenters. The highest BCUT2D eigenvalue weighted by Crippen LogP contribution is 2.65. The van der Waals surface area contributed by atoms with Crippen LogP contribution in [-0.4, -0.2) is 71.0 Å². The van der Waals surface area contributed by atoms with Gasteiger partial charge in [-0.15, -0.1) is 0 Å². The highest BCUT2D eigenvalue weighted by atomic mass is 16.3. The Morgan fingerprint density at radius 3 is 2.44 bits per heavy atom. The zero-order valence-corrected chi connectivity index (χ0v) is 19.6. The van der Waals surface area contributed by atoms with Crippen LogP contribution < -0.4 is 22.1 Å². The lowest BCUT2D eigenvalue weighted by Gasteiger charge is -2.36. The molecule has 0 aromatic rings. The van der Waals surface area contributed by atoms with E-state index in [9.17, 15) is 24.3 Å². The van der Waals surface area contributed by atoms with E-state index in [1.807, 2.05) is 20.8 Å². The van der Waals surface area contributed by atoms with Crippen molar-refractivity contribution in [1.29, 1.82) is 0 Å². The standard InChI is InChI=1S/C22H37N5O5/c1-21(2,3)16(23)20(32)27-9-11-13(22(11,4)5)14(27)19(31)26-12(15(28)17(24)29)8-10-6-7-25-18(10)30/h10-16,28H,6-9,23H2,1-5H3,(H2,24,29)(H,25,30)(H,26,31)/t10-,11-,12-,13-,14-,15?,16+/m0/s1. The molecule has 0 bridgehead atoms. The van der Waals surface area contributed by atoms with E-state index >= 15 is 0 Å². The second kappa shape index (κ2) is 8.30. The van der Waals surface area contributed by atoms with E-state index in [2.05, 4.69) is 24.5 Å². The number of aliphatic hydroxyl groups is 1. The molecule has 3 fully saturated rings. The van der Waals surface area contributed by atoms with Gasteiger partial charge in [-0.3, -0.25) is 19.2 Å². The van der Waals surface area contributed by atoms with Gasteiger partial charge >= 0.3 is 0 Å². The van der Waals surface area contributed by atoms with Crippen molar-refractivity contribution in [2.24, 2.45) is 40.1 Å². The topological polar surface area (TPSA) is 168 Å². The van der Waals surface area contributed by atoms with Crippen LogP contribution in [0.4, 0.5) is 0 Å². The Hall–Kier alpha value is -2.20. The Morgan fingerprint density at radius 2 is 1.94 bits per heavy atom. The predicted octanol–water partition coefficient (Wildman–Crippen LogP) is -1.30. The SMILES string of the molecule is CC(C)(C)[C@H](N)C(=O)N1C[C@H]2[C@@H]([C@H]1C(=O)N[C@@H](C[C@@H]1CCNC1=O)C(O)C(N)=O)C2(C)C. The summed E-state index contributed by atoms with van der Waals surface area (Å²) in [6.45, 7) is 10.7. The molecule has 1 saturated carbocycles. The number of carbonyl (C=O) groups is 4. The van der Waals surface area contributed by atoms with Gasteiger partial charge in [-0.05, 0) is 35.5 Å². The highest BCUT2D eigenvalue weighted by Gasteiger charge is 2.69. The Labute approximate surface area is 188 Å². The van der Waals surface area contributed by atoms with Crippen molar-refractivity contribution in [3.63, 3.8) is 0 Å². The van der Waals surface area contributed by atoms with Gasteiger partial charge in [0.25, 0.3) is 0 Å². The monoisotopic (exact) mass is 451 g/mol. The molecular formula is C22H37N5O5. The molecule has 10 heteroatoms. The third-order valence-electron chi connectivity index (χ3n) is 7.66. The van der Waals surface area contributed by atoms with E-state index in [1.165, 1.54) is 0 Å². The molecule has 1 aliphatic carbocycles. The fraction of sp³-hybridized carbons (Fsp3) is 0.818. The minimum atomic E-state index is -1.64. The quantitative estimate of drug-likeness (QED) is 0.322. The van der Waals surface area contributed by atoms with Gasteiger partial charge in [0.15, 0.2) is 6.10 Å². The van der Waals surface area contributed by atoms with Gasteiger partial charge in [0.05, 0.1) is 12.1 Å². The normalized spacial score (nSPS) is 31.3. The number of aliphatic hydroxyl groups excluding tert-OH is 1. The number of nitrogens with two attached hydrogens (primary N) is 2. The largest absolute Gasteiger partial charge is 0.381 e. The van der Waals surface area contributed by atoms with Crippen LogP contribution in [0.1, 0.15) is 47.5 Å². The number of rotatable bonds is 7. The van der Waals surface area contributed by atoms with Crippen molar-refractivity contribution < 1.29 is 24.3 Å². The zero-order chi connectivity index (χ0) is 24.2. The van der Waals surface area contributed by atoms with Crippen molar-refractivity contribution in [3.05, 3.63) is 0 Å². The Bertz CT molecular complexity index is 807. The lowest BCUT2D eigenvalue weighted by Crippen LogP contribution is -2.59. The number of carbonyl (C=O) groups excluding carboxylic acids is 4. The van der Waals surface area contributed by atoms with E-state index in [0.29, 0.717) is 19.5 Å². The smallest absolute Gasteiger partial charge is 0.248 e. The maximum atomic E-state index is 13.4. The lowest BCUT2D eigenvalue weighted by molar-refractivity contribution is -0.144. The number of nitrogens with zero attached hydrogens (tertiary/aromatic N) is 1. The minimum Gasteiger partial charge on any atom is -0.381 e. The summed E-state index contributed by atoms with van der Waals surface area (Å²) >= 11 is 0. The molecule has 32 heavy (non-hydrogen) atoms. The van der Waals surface area contributed by atoms with Gasteiger partial charge < -0.3 is 32.1 Å². The summed E-state index contributed by atoms with van der Waals surface area (Å²) < 4.78 is 0. The molecule has 3 rings (SSSR count). The summed E-state index contributed by atoms with van der Waals surface area (Å²) in [6.07, 6.45) is -1.01. The summed E-state index contributed by atoms with van der Waals surface area (Å²) in [5, 5.41) is 15.8. The Morgan fingerprint density at radius 1 is 1.31 bits per heavy atom. The summed E-state index contributed by atoms with van der Waals surface area (Å²) in [5.74, 6) is -2.21. The van der Waals surface area contributed by atoms with Crippen molar-refractivity contribution >= 4 is 23.6 Å². The fourth-order valence-corrected chi connectivity index (χ4v) is 5.27. The van der Waals surface area contributed by atoms with Gasteiger partial charge in [0.1, 0.15) is 6.04 Å². The van der Waals surface area contributed by atoms with Crippen molar-refractivity contribution in [2.45, 2.75) is 71.7 Å². The Kier molecular flexibility index (Phi) is 6.34. The molecule has 10 nitrogen and oxygen atoms in total. The first-order valence-electron chi connectivity index (χ1n) is 11.3. The van der Waals surface area contributed by atoms with Crippen LogP contribution in [0.15, 0.2) is 0 Å². The first-order valence-corrected chi connectivity index (χ1v) is 11.3. The maximum absolute atomic E-state index is 13.4. The van der Waals surface area contributed by atoms with E-state index in [4.69, 9.17) is 11.5 Å². The van der Waals surface area contributed by atoms with Crippen LogP contribution in [0.2, 0.25) is 0 Å². The number of likely N-dealkylation sites (tertiary alicyclic amines) is 1. The second-order valence-corrected chi connectivity index (χ2v) is 11.2. The number of hydrogen-bond donors (Lipinski definition) is 5. The number of fused-ring (bicyclic) bond motifs is 1. The van der Waals surface area contributed by atoms with E-state index in [-0.39, 0.29) is 35.5 Å². The van der Waals surface area contributed by atoms with Crippen LogP contribution in [0.5, 0.6) is 0 Å². The van der Waals surface area contributed by atoms with Gasteiger partial charge in [-0.2, -0.15) is 0 Å². The highest BCUT2D eigenvalue weighted by molar-refractivity contribution is 5.92. The summed E-state index contributed by atoms with van der Waals surface area (Å²) in [4.78, 5) is 51.9. The van der Waals surface area contributed by atoms with Gasteiger partial charge in [-0.25, -0.2) is 0 Å². The third-order valence-corrected chi connectivity index (χ3v) is 7.66. The summed E-state index contributed by atoms with van der Waals surface area (Å²) in [6, 6.07) is -2.55. The van der Waals surface area contributed by atoms with Crippen LogP contribution in [0, 0.1) is 28.6 Å². The maximum Gasteiger partial charge on any atom is 0.248 e. The number of amides is 4. The molecule has 4 amide bonds. The van der Waals surface area contributed by atoms with Crippen molar-refractivity contribution in [3.8, 4) is 0 Å². The number of primary amides is 1. The number of nitrogens with one attached hydrogen (secondary N) is 2. The molecule has 0 aromatic heterocycles. The lowest BCUT2D eigenvalue weighted by atomic mass is 9.86. The van der Waals surface area contributed by atoms with E-state index in [1.54, 1.807) is 4.90 Å². The van der Waals surface area contributed by atoms with Gasteiger partial charge in [0.2, 0.25) is 23.6 Å². The molecule has 0 radical (unpaired) electrons. The molecule has 180 valence electrons. The van der Waals surface area contributed by atoms with Crippen LogP contribution >= 0.6 is 0 Å². The molecule has 2 aliphatic heterocycles. The summed E-state index contributed by atoms with van der Waals surface area (Å²) in [7, 11) is 0. The first-order chi connectivity index (χ1) is 14.7. The molecule has 7 atom stereocenters. The first kappa shape index (κ1) is 24.4. The molecular weight excluding hydrogens is 414 g/mol.